The zero-order chi connectivity index (χ0) is 9.14. The molecule has 0 aromatic carbocycles. The quantitative estimate of drug-likeness (QED) is 0.453. The summed E-state index contributed by atoms with van der Waals surface area (Å²) < 4.78 is 0. The van der Waals surface area contributed by atoms with Gasteiger partial charge in [0.1, 0.15) is 6.29 Å². The normalized spacial score (nSPS) is 24.0. The lowest BCUT2D eigenvalue weighted by atomic mass is 9.82. The second kappa shape index (κ2) is 3.70. The van der Waals surface area contributed by atoms with Crippen molar-refractivity contribution in [1.29, 1.82) is 0 Å². The Morgan fingerprint density at radius 3 is 2.83 bits per heavy atom. The fourth-order valence-electron chi connectivity index (χ4n) is 1.66. The largest absolute Gasteiger partial charge is 0.298 e. The third kappa shape index (κ3) is 1.84. The van der Waals surface area contributed by atoms with Crippen LogP contribution >= 0.6 is 0 Å². The molecule has 1 rings (SSSR count). The topological polar surface area (TPSA) is 17.1 Å². The van der Waals surface area contributed by atoms with E-state index in [0.717, 1.165) is 24.7 Å². The smallest absolute Gasteiger partial charge is 0.145 e. The van der Waals surface area contributed by atoms with E-state index in [1.54, 1.807) is 0 Å². The zero-order valence-corrected chi connectivity index (χ0v) is 7.89. The van der Waals surface area contributed by atoms with Gasteiger partial charge < -0.3 is 0 Å². The van der Waals surface area contributed by atoms with Gasteiger partial charge in [-0.05, 0) is 44.6 Å². The average molecular weight is 164 g/mol. The van der Waals surface area contributed by atoms with Crippen molar-refractivity contribution < 1.29 is 4.79 Å². The Balaban J connectivity index is 2.74. The summed E-state index contributed by atoms with van der Waals surface area (Å²) in [5, 5.41) is 0. The molecule has 1 aliphatic rings. The molecule has 1 unspecified atom stereocenters. The second-order valence-electron chi connectivity index (χ2n) is 3.71. The van der Waals surface area contributed by atoms with Crippen LogP contribution in [-0.4, -0.2) is 6.29 Å². The minimum atomic E-state index is 0.536. The number of rotatable bonds is 2. The Kier molecular flexibility index (Phi) is 2.85. The summed E-state index contributed by atoms with van der Waals surface area (Å²) in [6, 6.07) is 0. The molecule has 0 amide bonds. The fraction of sp³-hybridized carbons (Fsp3) is 0.545. The zero-order valence-electron chi connectivity index (χ0n) is 7.89. The molecule has 0 bridgehead atoms. The van der Waals surface area contributed by atoms with E-state index in [1.807, 2.05) is 6.92 Å². The molecular weight excluding hydrogens is 148 g/mol. The molecule has 1 atom stereocenters. The highest BCUT2D eigenvalue weighted by Crippen LogP contribution is 2.31. The lowest BCUT2D eigenvalue weighted by Gasteiger charge is -2.23. The Morgan fingerprint density at radius 1 is 1.67 bits per heavy atom. The van der Waals surface area contributed by atoms with Crippen LogP contribution in [0.25, 0.3) is 0 Å². The predicted octanol–water partition coefficient (Wildman–Crippen LogP) is 2.88. The standard InChI is InChI=1S/C11H16O/c1-8(2)10-5-4-9(3)11(6-10)7-12/h7,10H,1,4-6H2,2-3H3. The van der Waals surface area contributed by atoms with Crippen molar-refractivity contribution in [2.75, 3.05) is 0 Å². The Hall–Kier alpha value is -0.850. The van der Waals surface area contributed by atoms with Crippen molar-refractivity contribution in [1.82, 2.24) is 0 Å². The number of carbonyl (C=O) groups is 1. The molecule has 0 N–H and O–H groups in total. The second-order valence-corrected chi connectivity index (χ2v) is 3.71. The Bertz CT molecular complexity index is 235. The van der Waals surface area contributed by atoms with Gasteiger partial charge in [-0.25, -0.2) is 0 Å². The first-order valence-corrected chi connectivity index (χ1v) is 4.44. The van der Waals surface area contributed by atoms with Crippen LogP contribution in [0.1, 0.15) is 33.1 Å². The summed E-state index contributed by atoms with van der Waals surface area (Å²) in [5.74, 6) is 0.536. The lowest BCUT2D eigenvalue weighted by molar-refractivity contribution is -0.105. The fourth-order valence-corrected chi connectivity index (χ4v) is 1.66. The summed E-state index contributed by atoms with van der Waals surface area (Å²) in [6.07, 6.45) is 4.14. The van der Waals surface area contributed by atoms with E-state index in [-0.39, 0.29) is 0 Å². The van der Waals surface area contributed by atoms with Gasteiger partial charge in [0.05, 0.1) is 0 Å². The molecule has 0 heterocycles. The molecule has 0 aromatic rings. The number of hydrogen-bond donors (Lipinski definition) is 0. The molecule has 0 saturated heterocycles. The molecule has 1 aliphatic carbocycles. The Labute approximate surface area is 74.2 Å². The van der Waals surface area contributed by atoms with Crippen LogP contribution in [0.3, 0.4) is 0 Å². The van der Waals surface area contributed by atoms with Crippen LogP contribution < -0.4 is 0 Å². The number of aldehydes is 1. The highest BCUT2D eigenvalue weighted by molar-refractivity contribution is 5.74. The summed E-state index contributed by atoms with van der Waals surface area (Å²) in [6.45, 7) is 8.04. The van der Waals surface area contributed by atoms with Crippen LogP contribution in [0, 0.1) is 5.92 Å². The van der Waals surface area contributed by atoms with Gasteiger partial charge in [0.15, 0.2) is 0 Å². The first kappa shape index (κ1) is 9.24. The highest BCUT2D eigenvalue weighted by Gasteiger charge is 2.18. The van der Waals surface area contributed by atoms with Crippen molar-refractivity contribution in [2.45, 2.75) is 33.1 Å². The molecular formula is C11H16O. The van der Waals surface area contributed by atoms with Crippen molar-refractivity contribution >= 4 is 6.29 Å². The third-order valence-electron chi connectivity index (χ3n) is 2.72. The molecule has 1 nitrogen and oxygen atoms in total. The van der Waals surface area contributed by atoms with Gasteiger partial charge in [0.25, 0.3) is 0 Å². The molecule has 12 heavy (non-hydrogen) atoms. The monoisotopic (exact) mass is 164 g/mol. The van der Waals surface area contributed by atoms with Crippen molar-refractivity contribution in [2.24, 2.45) is 5.92 Å². The van der Waals surface area contributed by atoms with Crippen molar-refractivity contribution in [3.05, 3.63) is 23.3 Å². The van der Waals surface area contributed by atoms with E-state index in [4.69, 9.17) is 0 Å². The number of carbonyl (C=O) groups excluding carboxylic acids is 1. The number of hydrogen-bond acceptors (Lipinski definition) is 1. The molecule has 0 saturated carbocycles. The van der Waals surface area contributed by atoms with Gasteiger partial charge in [-0.3, -0.25) is 4.79 Å². The number of allylic oxidation sites excluding steroid dienone is 3. The SMILES string of the molecule is C=C(C)C1CCC(C)=C(C=O)C1. The maximum Gasteiger partial charge on any atom is 0.145 e. The van der Waals surface area contributed by atoms with Gasteiger partial charge in [0.2, 0.25) is 0 Å². The molecule has 0 aromatic heterocycles. The minimum Gasteiger partial charge on any atom is -0.298 e. The van der Waals surface area contributed by atoms with Crippen LogP contribution in [0.15, 0.2) is 23.3 Å². The first-order valence-electron chi connectivity index (χ1n) is 4.44. The van der Waals surface area contributed by atoms with E-state index in [0.29, 0.717) is 5.92 Å². The average Bonchev–Trinajstić information content (AvgIpc) is 2.05. The van der Waals surface area contributed by atoms with Crippen molar-refractivity contribution in [3.8, 4) is 0 Å². The summed E-state index contributed by atoms with van der Waals surface area (Å²) in [7, 11) is 0. The van der Waals surface area contributed by atoms with Gasteiger partial charge in [-0.2, -0.15) is 0 Å². The van der Waals surface area contributed by atoms with Crippen LogP contribution in [0.2, 0.25) is 0 Å². The summed E-state index contributed by atoms with van der Waals surface area (Å²) >= 11 is 0. The molecule has 66 valence electrons. The maximum atomic E-state index is 10.7. The Morgan fingerprint density at radius 2 is 2.33 bits per heavy atom. The molecule has 0 aliphatic heterocycles. The van der Waals surface area contributed by atoms with Gasteiger partial charge in [0, 0.05) is 0 Å². The molecule has 0 fully saturated rings. The van der Waals surface area contributed by atoms with Crippen LogP contribution in [0.4, 0.5) is 0 Å². The third-order valence-corrected chi connectivity index (χ3v) is 2.72. The van der Waals surface area contributed by atoms with E-state index >= 15 is 0 Å². The molecule has 0 spiro atoms. The van der Waals surface area contributed by atoms with Gasteiger partial charge in [-0.1, -0.05) is 17.7 Å². The maximum absolute atomic E-state index is 10.7. The van der Waals surface area contributed by atoms with Gasteiger partial charge >= 0.3 is 0 Å². The first-order chi connectivity index (χ1) is 5.65. The van der Waals surface area contributed by atoms with Crippen LogP contribution in [0.5, 0.6) is 0 Å². The lowest BCUT2D eigenvalue weighted by Crippen LogP contribution is -2.10. The summed E-state index contributed by atoms with van der Waals surface area (Å²) in [4.78, 5) is 10.7. The minimum absolute atomic E-state index is 0.536. The molecule has 1 heteroatoms. The predicted molar refractivity (Wildman–Crippen MR) is 50.9 cm³/mol. The van der Waals surface area contributed by atoms with Crippen LogP contribution in [-0.2, 0) is 4.79 Å². The highest BCUT2D eigenvalue weighted by atomic mass is 16.1. The van der Waals surface area contributed by atoms with Gasteiger partial charge in [-0.15, -0.1) is 0 Å². The van der Waals surface area contributed by atoms with E-state index in [1.165, 1.54) is 17.6 Å². The van der Waals surface area contributed by atoms with Crippen molar-refractivity contribution in [3.63, 3.8) is 0 Å². The van der Waals surface area contributed by atoms with E-state index in [9.17, 15) is 4.79 Å². The van der Waals surface area contributed by atoms with E-state index < -0.39 is 0 Å². The summed E-state index contributed by atoms with van der Waals surface area (Å²) in [5.41, 5.74) is 3.47. The van der Waals surface area contributed by atoms with E-state index in [2.05, 4.69) is 13.5 Å². The molecule has 0 radical (unpaired) electrons.